The molecule has 100 valence electrons. The van der Waals surface area contributed by atoms with Gasteiger partial charge < -0.3 is 10.1 Å². The molecule has 0 heterocycles. The van der Waals surface area contributed by atoms with Gasteiger partial charge in [-0.15, -0.1) is 13.2 Å². The zero-order valence-corrected chi connectivity index (χ0v) is 10.2. The van der Waals surface area contributed by atoms with Crippen LogP contribution in [0.15, 0.2) is 24.3 Å². The van der Waals surface area contributed by atoms with Crippen molar-refractivity contribution in [2.75, 3.05) is 13.6 Å². The lowest BCUT2D eigenvalue weighted by Gasteiger charge is -2.15. The maximum absolute atomic E-state index is 12.0. The maximum atomic E-state index is 12.0. The molecule has 0 atom stereocenters. The van der Waals surface area contributed by atoms with Gasteiger partial charge in [0.15, 0.2) is 0 Å². The molecule has 0 saturated heterocycles. The Kier molecular flexibility index (Phi) is 3.52. The van der Waals surface area contributed by atoms with Crippen LogP contribution in [0, 0.1) is 5.41 Å². The van der Waals surface area contributed by atoms with Crippen LogP contribution in [0.2, 0.25) is 0 Å². The van der Waals surface area contributed by atoms with Crippen LogP contribution in [-0.4, -0.2) is 20.0 Å². The van der Waals surface area contributed by atoms with E-state index in [-0.39, 0.29) is 5.75 Å². The Morgan fingerprint density at radius 1 is 1.22 bits per heavy atom. The van der Waals surface area contributed by atoms with Crippen LogP contribution >= 0.6 is 0 Å². The van der Waals surface area contributed by atoms with Gasteiger partial charge in [0.25, 0.3) is 0 Å². The van der Waals surface area contributed by atoms with E-state index in [4.69, 9.17) is 0 Å². The molecule has 0 bridgehead atoms. The highest BCUT2D eigenvalue weighted by Gasteiger charge is 2.41. The average molecular weight is 259 g/mol. The van der Waals surface area contributed by atoms with E-state index >= 15 is 0 Å². The predicted octanol–water partition coefficient (Wildman–Crippen LogP) is 3.13. The summed E-state index contributed by atoms with van der Waals surface area (Å²) in [5, 5.41) is 3.16. The van der Waals surface area contributed by atoms with Crippen molar-refractivity contribution < 1.29 is 17.9 Å². The number of ether oxygens (including phenoxy) is 1. The number of nitrogens with one attached hydrogen (secondary N) is 1. The summed E-state index contributed by atoms with van der Waals surface area (Å²) in [5.41, 5.74) is 1.36. The molecule has 1 fully saturated rings. The first kappa shape index (κ1) is 13.2. The average Bonchev–Trinajstić information content (AvgIpc) is 3.00. The Hall–Kier alpha value is -1.23. The fourth-order valence-corrected chi connectivity index (χ4v) is 2.21. The SMILES string of the molecule is CNCC1(Cc2ccc(OC(F)(F)F)cc2)CC1. The largest absolute Gasteiger partial charge is 0.573 e. The molecule has 1 aliphatic carbocycles. The molecule has 1 N–H and O–H groups in total. The molecule has 0 radical (unpaired) electrons. The third-order valence-electron chi connectivity index (χ3n) is 3.24. The molecule has 2 nitrogen and oxygen atoms in total. The van der Waals surface area contributed by atoms with Gasteiger partial charge in [-0.1, -0.05) is 12.1 Å². The van der Waals surface area contributed by atoms with E-state index < -0.39 is 6.36 Å². The van der Waals surface area contributed by atoms with Crippen LogP contribution in [0.3, 0.4) is 0 Å². The fourth-order valence-electron chi connectivity index (χ4n) is 2.21. The van der Waals surface area contributed by atoms with Gasteiger partial charge in [0.05, 0.1) is 0 Å². The summed E-state index contributed by atoms with van der Waals surface area (Å²) in [6.07, 6.45) is -1.37. The third kappa shape index (κ3) is 3.63. The second-order valence-electron chi connectivity index (χ2n) is 4.90. The van der Waals surface area contributed by atoms with E-state index in [1.54, 1.807) is 12.1 Å². The highest BCUT2D eigenvalue weighted by atomic mass is 19.4. The maximum Gasteiger partial charge on any atom is 0.573 e. The molecule has 1 aliphatic rings. The van der Waals surface area contributed by atoms with Crippen LogP contribution in [0.25, 0.3) is 0 Å². The molecule has 5 heteroatoms. The van der Waals surface area contributed by atoms with Crippen molar-refractivity contribution in [1.29, 1.82) is 0 Å². The van der Waals surface area contributed by atoms with Crippen molar-refractivity contribution in [1.82, 2.24) is 5.32 Å². The van der Waals surface area contributed by atoms with Crippen LogP contribution < -0.4 is 10.1 Å². The van der Waals surface area contributed by atoms with Crippen molar-refractivity contribution in [3.05, 3.63) is 29.8 Å². The summed E-state index contributed by atoms with van der Waals surface area (Å²) in [6.45, 7) is 0.952. The molecule has 1 aromatic rings. The summed E-state index contributed by atoms with van der Waals surface area (Å²) in [7, 11) is 1.92. The van der Waals surface area contributed by atoms with E-state index in [2.05, 4.69) is 10.1 Å². The summed E-state index contributed by atoms with van der Waals surface area (Å²) in [6, 6.07) is 6.16. The second kappa shape index (κ2) is 4.80. The Bertz CT molecular complexity index is 396. The lowest BCUT2D eigenvalue weighted by Crippen LogP contribution is -2.22. The molecule has 2 rings (SSSR count). The summed E-state index contributed by atoms with van der Waals surface area (Å²) in [5.74, 6) is -0.162. The topological polar surface area (TPSA) is 21.3 Å². The van der Waals surface area contributed by atoms with Crippen molar-refractivity contribution in [3.8, 4) is 5.75 Å². The number of hydrogen-bond donors (Lipinski definition) is 1. The first-order chi connectivity index (χ1) is 8.42. The summed E-state index contributed by atoms with van der Waals surface area (Å²) >= 11 is 0. The van der Waals surface area contributed by atoms with Crippen LogP contribution in [0.5, 0.6) is 5.75 Å². The minimum absolute atomic E-state index is 0.162. The van der Waals surface area contributed by atoms with Gasteiger partial charge in [0.1, 0.15) is 5.75 Å². The smallest absolute Gasteiger partial charge is 0.406 e. The molecule has 0 spiro atoms. The Morgan fingerprint density at radius 3 is 2.28 bits per heavy atom. The first-order valence-electron chi connectivity index (χ1n) is 5.92. The van der Waals surface area contributed by atoms with Crippen molar-refractivity contribution >= 4 is 0 Å². The normalized spacial score (nSPS) is 17.6. The number of halogens is 3. The van der Waals surface area contributed by atoms with E-state index in [0.717, 1.165) is 18.5 Å². The number of alkyl halides is 3. The zero-order valence-electron chi connectivity index (χ0n) is 10.2. The van der Waals surface area contributed by atoms with E-state index in [1.807, 2.05) is 7.05 Å². The van der Waals surface area contributed by atoms with Crippen molar-refractivity contribution in [2.24, 2.45) is 5.41 Å². The van der Waals surface area contributed by atoms with Crippen LogP contribution in [0.4, 0.5) is 13.2 Å². The molecule has 0 aromatic heterocycles. The van der Waals surface area contributed by atoms with E-state index in [1.165, 1.54) is 25.0 Å². The lowest BCUT2D eigenvalue weighted by atomic mass is 9.96. The van der Waals surface area contributed by atoms with Gasteiger partial charge in [-0.05, 0) is 49.4 Å². The summed E-state index contributed by atoms with van der Waals surface area (Å²) < 4.78 is 39.8. The van der Waals surface area contributed by atoms with Gasteiger partial charge in [-0.2, -0.15) is 0 Å². The van der Waals surface area contributed by atoms with Crippen LogP contribution in [0.1, 0.15) is 18.4 Å². The second-order valence-corrected chi connectivity index (χ2v) is 4.90. The third-order valence-corrected chi connectivity index (χ3v) is 3.24. The van der Waals surface area contributed by atoms with Gasteiger partial charge in [-0.3, -0.25) is 0 Å². The molecular formula is C13H16F3NO. The first-order valence-corrected chi connectivity index (χ1v) is 5.92. The monoisotopic (exact) mass is 259 g/mol. The van der Waals surface area contributed by atoms with Gasteiger partial charge in [0.2, 0.25) is 0 Å². The van der Waals surface area contributed by atoms with Crippen molar-refractivity contribution in [2.45, 2.75) is 25.6 Å². The highest BCUT2D eigenvalue weighted by Crippen LogP contribution is 2.47. The quantitative estimate of drug-likeness (QED) is 0.877. The van der Waals surface area contributed by atoms with E-state index in [0.29, 0.717) is 5.41 Å². The number of rotatable bonds is 5. The standard InChI is InChI=1S/C13H16F3NO/c1-17-9-12(6-7-12)8-10-2-4-11(5-3-10)18-13(14,15)16/h2-5,17H,6-9H2,1H3. The number of benzene rings is 1. The minimum Gasteiger partial charge on any atom is -0.406 e. The molecule has 1 aromatic carbocycles. The van der Waals surface area contributed by atoms with Gasteiger partial charge >= 0.3 is 6.36 Å². The Morgan fingerprint density at radius 2 is 1.83 bits per heavy atom. The molecule has 0 aliphatic heterocycles. The van der Waals surface area contributed by atoms with Crippen molar-refractivity contribution in [3.63, 3.8) is 0 Å². The van der Waals surface area contributed by atoms with Gasteiger partial charge in [0, 0.05) is 6.54 Å². The molecule has 0 unspecified atom stereocenters. The Labute approximate surface area is 104 Å². The zero-order chi connectivity index (χ0) is 13.2. The minimum atomic E-state index is -4.62. The van der Waals surface area contributed by atoms with Gasteiger partial charge in [-0.25, -0.2) is 0 Å². The Balaban J connectivity index is 1.96. The highest BCUT2D eigenvalue weighted by molar-refractivity contribution is 5.29. The molecule has 1 saturated carbocycles. The lowest BCUT2D eigenvalue weighted by molar-refractivity contribution is -0.274. The number of hydrogen-bond acceptors (Lipinski definition) is 2. The molecule has 0 amide bonds. The summed E-state index contributed by atoms with van der Waals surface area (Å²) in [4.78, 5) is 0. The predicted molar refractivity (Wildman–Crippen MR) is 62.4 cm³/mol. The van der Waals surface area contributed by atoms with E-state index in [9.17, 15) is 13.2 Å². The van der Waals surface area contributed by atoms with Crippen LogP contribution in [-0.2, 0) is 6.42 Å². The molecule has 18 heavy (non-hydrogen) atoms. The molecular weight excluding hydrogens is 243 g/mol. The fraction of sp³-hybridized carbons (Fsp3) is 0.538.